The number of hydrogen-bond donors (Lipinski definition) is 0. The lowest BCUT2D eigenvalue weighted by Crippen LogP contribution is -2.23. The van der Waals surface area contributed by atoms with Gasteiger partial charge >= 0.3 is 0 Å². The second kappa shape index (κ2) is 2.57. The van der Waals surface area contributed by atoms with Crippen molar-refractivity contribution in [2.24, 2.45) is 0 Å². The van der Waals surface area contributed by atoms with Gasteiger partial charge in [0.1, 0.15) is 0 Å². The van der Waals surface area contributed by atoms with Crippen molar-refractivity contribution in [2.45, 2.75) is 4.33 Å². The van der Waals surface area contributed by atoms with Crippen molar-refractivity contribution in [3.8, 4) is 0 Å². The fourth-order valence-corrected chi connectivity index (χ4v) is 1.26. The Morgan fingerprint density at radius 3 is 2.30 bits per heavy atom. The molecular weight excluding hydrogens is 194 g/mol. The number of hydrogen-bond acceptors (Lipinski definition) is 1. The summed E-state index contributed by atoms with van der Waals surface area (Å²) in [7, 11) is 0. The molecule has 0 saturated carbocycles. The Morgan fingerprint density at radius 1 is 1.30 bits per heavy atom. The predicted molar refractivity (Wildman–Crippen MR) is 42.5 cm³/mol. The van der Waals surface area contributed by atoms with Gasteiger partial charge in [-0.1, -0.05) is 34.8 Å². The van der Waals surface area contributed by atoms with E-state index in [1.807, 2.05) is 0 Å². The second-order valence-electron chi connectivity index (χ2n) is 1.85. The second-order valence-corrected chi connectivity index (χ2v) is 3.67. The summed E-state index contributed by atoms with van der Waals surface area (Å²) in [6.45, 7) is 0. The molecule has 0 aliphatic heterocycles. The first-order valence-electron chi connectivity index (χ1n) is 2.51. The van der Waals surface area contributed by atoms with Gasteiger partial charge in [-0.3, -0.25) is 4.79 Å². The number of carbonyl (C=O) groups excluding carboxylic acids is 1. The Bertz CT molecular complexity index is 227. The lowest BCUT2D eigenvalue weighted by atomic mass is 10.1. The van der Waals surface area contributed by atoms with Crippen molar-refractivity contribution < 1.29 is 4.79 Å². The van der Waals surface area contributed by atoms with Gasteiger partial charge in [0, 0.05) is 5.03 Å². The van der Waals surface area contributed by atoms with Crippen molar-refractivity contribution in [3.63, 3.8) is 0 Å². The molecule has 0 aromatic heterocycles. The minimum absolute atomic E-state index is 0.361. The van der Waals surface area contributed by atoms with Crippen LogP contribution in [0.4, 0.5) is 0 Å². The maximum Gasteiger partial charge on any atom is 0.199 e. The van der Waals surface area contributed by atoms with Crippen molar-refractivity contribution in [1.82, 2.24) is 0 Å². The summed E-state index contributed by atoms with van der Waals surface area (Å²) in [6, 6.07) is 0. The standard InChI is InChI=1S/C6H3Cl3O/c7-4-1-2-5(10)6(8,9)3-4/h1-3H. The van der Waals surface area contributed by atoms with Gasteiger partial charge in [-0.05, 0) is 18.2 Å². The number of carbonyl (C=O) groups is 1. The molecule has 0 saturated heterocycles. The van der Waals surface area contributed by atoms with E-state index in [1.54, 1.807) is 0 Å². The van der Waals surface area contributed by atoms with Crippen LogP contribution < -0.4 is 0 Å². The summed E-state index contributed by atoms with van der Waals surface area (Å²) in [5.41, 5.74) is 0. The molecule has 1 rings (SSSR count). The highest BCUT2D eigenvalue weighted by atomic mass is 35.5. The highest BCUT2D eigenvalue weighted by Crippen LogP contribution is 2.30. The van der Waals surface area contributed by atoms with Gasteiger partial charge in [0.2, 0.25) is 0 Å². The average Bonchev–Trinajstić information content (AvgIpc) is 1.78. The molecule has 0 aromatic rings. The number of alkyl halides is 2. The minimum Gasteiger partial charge on any atom is -0.291 e. The summed E-state index contributed by atoms with van der Waals surface area (Å²) in [5.74, 6) is -0.361. The molecule has 54 valence electrons. The normalized spacial score (nSPS) is 22.7. The maximum atomic E-state index is 10.8. The molecule has 1 nitrogen and oxygen atoms in total. The van der Waals surface area contributed by atoms with Gasteiger partial charge in [-0.25, -0.2) is 0 Å². The van der Waals surface area contributed by atoms with Crippen molar-refractivity contribution in [1.29, 1.82) is 0 Å². The fourth-order valence-electron chi connectivity index (χ4n) is 0.559. The predicted octanol–water partition coefficient (Wildman–Crippen LogP) is 2.42. The van der Waals surface area contributed by atoms with Crippen LogP contribution in [-0.4, -0.2) is 10.1 Å². The van der Waals surface area contributed by atoms with Crippen LogP contribution in [-0.2, 0) is 4.79 Å². The average molecular weight is 197 g/mol. The minimum atomic E-state index is -1.47. The van der Waals surface area contributed by atoms with Crippen LogP contribution in [0.15, 0.2) is 23.3 Å². The number of ketones is 1. The lowest BCUT2D eigenvalue weighted by Gasteiger charge is -2.13. The smallest absolute Gasteiger partial charge is 0.199 e. The SMILES string of the molecule is O=C1C=CC(Cl)=CC1(Cl)Cl. The zero-order valence-electron chi connectivity index (χ0n) is 4.77. The van der Waals surface area contributed by atoms with E-state index in [-0.39, 0.29) is 5.78 Å². The largest absolute Gasteiger partial charge is 0.291 e. The molecule has 0 amide bonds. The number of rotatable bonds is 0. The van der Waals surface area contributed by atoms with Gasteiger partial charge in [0.15, 0.2) is 10.1 Å². The van der Waals surface area contributed by atoms with Crippen LogP contribution in [0, 0.1) is 0 Å². The fraction of sp³-hybridized carbons (Fsp3) is 0.167. The highest BCUT2D eigenvalue weighted by molar-refractivity contribution is 6.61. The van der Waals surface area contributed by atoms with Gasteiger partial charge < -0.3 is 0 Å². The third-order valence-electron chi connectivity index (χ3n) is 1.04. The molecule has 0 N–H and O–H groups in total. The monoisotopic (exact) mass is 196 g/mol. The van der Waals surface area contributed by atoms with Crippen LogP contribution in [0.3, 0.4) is 0 Å². The summed E-state index contributed by atoms with van der Waals surface area (Å²) in [4.78, 5) is 10.8. The molecule has 0 heterocycles. The Balaban J connectivity index is 2.99. The summed E-state index contributed by atoms with van der Waals surface area (Å²) in [6.07, 6.45) is 4.00. The summed E-state index contributed by atoms with van der Waals surface area (Å²) >= 11 is 16.6. The van der Waals surface area contributed by atoms with Crippen LogP contribution in [0.5, 0.6) is 0 Å². The molecule has 0 fully saturated rings. The molecule has 0 aromatic carbocycles. The Morgan fingerprint density at radius 2 is 1.90 bits per heavy atom. The number of halogens is 3. The van der Waals surface area contributed by atoms with E-state index >= 15 is 0 Å². The van der Waals surface area contributed by atoms with Crippen molar-refractivity contribution >= 4 is 40.6 Å². The number of allylic oxidation sites excluding steroid dienone is 4. The molecule has 1 aliphatic carbocycles. The molecule has 0 bridgehead atoms. The van der Waals surface area contributed by atoms with Gasteiger partial charge in [-0.2, -0.15) is 0 Å². The summed E-state index contributed by atoms with van der Waals surface area (Å²) in [5, 5.41) is 0.379. The topological polar surface area (TPSA) is 17.1 Å². The first-order chi connectivity index (χ1) is 4.52. The Kier molecular flexibility index (Phi) is 2.09. The van der Waals surface area contributed by atoms with Crippen molar-refractivity contribution in [2.75, 3.05) is 0 Å². The zero-order chi connectivity index (χ0) is 7.78. The Labute approximate surface area is 73.3 Å². The lowest BCUT2D eigenvalue weighted by molar-refractivity contribution is -0.114. The molecule has 10 heavy (non-hydrogen) atoms. The van der Waals surface area contributed by atoms with E-state index in [4.69, 9.17) is 34.8 Å². The van der Waals surface area contributed by atoms with Gasteiger partial charge in [0.05, 0.1) is 0 Å². The zero-order valence-corrected chi connectivity index (χ0v) is 7.04. The van der Waals surface area contributed by atoms with E-state index in [0.717, 1.165) is 0 Å². The van der Waals surface area contributed by atoms with Gasteiger partial charge in [0.25, 0.3) is 0 Å². The van der Waals surface area contributed by atoms with E-state index in [2.05, 4.69) is 0 Å². The third kappa shape index (κ3) is 1.54. The van der Waals surface area contributed by atoms with E-state index in [9.17, 15) is 4.79 Å². The maximum absolute atomic E-state index is 10.8. The summed E-state index contributed by atoms with van der Waals surface area (Å²) < 4.78 is -1.47. The molecule has 1 aliphatic rings. The van der Waals surface area contributed by atoms with Gasteiger partial charge in [-0.15, -0.1) is 0 Å². The molecule has 0 unspecified atom stereocenters. The van der Waals surface area contributed by atoms with E-state index < -0.39 is 4.33 Å². The van der Waals surface area contributed by atoms with Crippen LogP contribution >= 0.6 is 34.8 Å². The van der Waals surface area contributed by atoms with Crippen molar-refractivity contribution in [3.05, 3.63) is 23.3 Å². The quantitative estimate of drug-likeness (QED) is 0.545. The first kappa shape index (κ1) is 8.12. The molecule has 0 radical (unpaired) electrons. The molecular formula is C6H3Cl3O. The molecule has 4 heteroatoms. The molecule has 0 spiro atoms. The van der Waals surface area contributed by atoms with E-state index in [0.29, 0.717) is 5.03 Å². The highest BCUT2D eigenvalue weighted by Gasteiger charge is 2.31. The Hall–Kier alpha value is 0.0200. The first-order valence-corrected chi connectivity index (χ1v) is 3.64. The van der Waals surface area contributed by atoms with Crippen LogP contribution in [0.25, 0.3) is 0 Å². The third-order valence-corrected chi connectivity index (χ3v) is 1.87. The molecule has 0 atom stereocenters. The van der Waals surface area contributed by atoms with Crippen LogP contribution in [0.2, 0.25) is 0 Å². The van der Waals surface area contributed by atoms with Crippen LogP contribution in [0.1, 0.15) is 0 Å². The van der Waals surface area contributed by atoms with E-state index in [1.165, 1.54) is 18.2 Å².